The van der Waals surface area contributed by atoms with Crippen molar-refractivity contribution >= 4 is 17.6 Å². The largest absolute Gasteiger partial charge is 0.480 e. The minimum atomic E-state index is -0.933. The molecule has 1 saturated carbocycles. The van der Waals surface area contributed by atoms with E-state index in [-0.39, 0.29) is 19.0 Å². The van der Waals surface area contributed by atoms with Crippen molar-refractivity contribution in [3.63, 3.8) is 0 Å². The number of carboxylic acids is 1. The van der Waals surface area contributed by atoms with E-state index in [1.165, 1.54) is 19.3 Å². The van der Waals surface area contributed by atoms with Crippen LogP contribution in [0.2, 0.25) is 0 Å². The number of benzene rings is 1. The Bertz CT molecular complexity index is 498. The van der Waals surface area contributed by atoms with Crippen molar-refractivity contribution in [1.29, 1.82) is 0 Å². The third-order valence-corrected chi connectivity index (χ3v) is 4.29. The van der Waals surface area contributed by atoms with E-state index >= 15 is 0 Å². The number of carbonyl (C=O) groups is 2. The van der Waals surface area contributed by atoms with Crippen molar-refractivity contribution < 1.29 is 14.7 Å². The number of hydrogen-bond donors (Lipinski definition) is 1. The highest BCUT2D eigenvalue weighted by atomic mass is 16.4. The summed E-state index contributed by atoms with van der Waals surface area (Å²) >= 11 is 0. The molecule has 1 aromatic carbocycles. The van der Waals surface area contributed by atoms with Crippen molar-refractivity contribution in [1.82, 2.24) is 4.90 Å². The zero-order valence-electron chi connectivity index (χ0n) is 13.1. The molecular formula is C17H24N2O3. The van der Waals surface area contributed by atoms with Crippen LogP contribution in [0.5, 0.6) is 0 Å². The van der Waals surface area contributed by atoms with Gasteiger partial charge in [-0.3, -0.25) is 9.59 Å². The lowest BCUT2D eigenvalue weighted by Crippen LogP contribution is -2.45. The van der Waals surface area contributed by atoms with Crippen LogP contribution < -0.4 is 4.90 Å². The van der Waals surface area contributed by atoms with Gasteiger partial charge in [-0.15, -0.1) is 0 Å². The normalized spacial score (nSPS) is 15.3. The summed E-state index contributed by atoms with van der Waals surface area (Å²) < 4.78 is 0. The van der Waals surface area contributed by atoms with Crippen molar-refractivity contribution in [3.05, 3.63) is 30.3 Å². The van der Waals surface area contributed by atoms with E-state index in [9.17, 15) is 9.59 Å². The van der Waals surface area contributed by atoms with Gasteiger partial charge in [-0.25, -0.2) is 0 Å². The Hall–Kier alpha value is -2.04. The zero-order valence-corrected chi connectivity index (χ0v) is 13.1. The van der Waals surface area contributed by atoms with E-state index in [0.29, 0.717) is 6.04 Å². The molecule has 5 nitrogen and oxygen atoms in total. The molecule has 1 aliphatic rings. The predicted molar refractivity (Wildman–Crippen MR) is 85.9 cm³/mol. The topological polar surface area (TPSA) is 60.9 Å². The maximum Gasteiger partial charge on any atom is 0.323 e. The van der Waals surface area contributed by atoms with Gasteiger partial charge in [0.1, 0.15) is 6.54 Å². The van der Waals surface area contributed by atoms with Crippen LogP contribution in [0.15, 0.2) is 30.3 Å². The van der Waals surface area contributed by atoms with Crippen LogP contribution in [0.25, 0.3) is 0 Å². The first-order chi connectivity index (χ1) is 10.6. The molecule has 1 fully saturated rings. The molecule has 0 bridgehead atoms. The second kappa shape index (κ2) is 7.82. The highest BCUT2D eigenvalue weighted by Crippen LogP contribution is 2.22. The Morgan fingerprint density at radius 1 is 1.09 bits per heavy atom. The van der Waals surface area contributed by atoms with Gasteiger partial charge in [0.25, 0.3) is 0 Å². The van der Waals surface area contributed by atoms with Gasteiger partial charge in [-0.05, 0) is 25.0 Å². The number of rotatable bonds is 6. The first kappa shape index (κ1) is 16.3. The van der Waals surface area contributed by atoms with Gasteiger partial charge in [0.2, 0.25) is 5.91 Å². The second-order valence-electron chi connectivity index (χ2n) is 5.88. The van der Waals surface area contributed by atoms with Crippen molar-refractivity contribution in [2.24, 2.45) is 0 Å². The highest BCUT2D eigenvalue weighted by Gasteiger charge is 2.24. The first-order valence-electron chi connectivity index (χ1n) is 7.85. The van der Waals surface area contributed by atoms with Crippen LogP contribution in [0, 0.1) is 0 Å². The molecule has 1 N–H and O–H groups in total. The summed E-state index contributed by atoms with van der Waals surface area (Å²) in [5.74, 6) is -0.950. The van der Waals surface area contributed by atoms with Gasteiger partial charge in [0.15, 0.2) is 0 Å². The molecular weight excluding hydrogens is 280 g/mol. The fraction of sp³-hybridized carbons (Fsp3) is 0.529. The number of hydrogen-bond acceptors (Lipinski definition) is 3. The number of para-hydroxylation sites is 1. The summed E-state index contributed by atoms with van der Waals surface area (Å²) in [6.45, 7) is -0.0719. The summed E-state index contributed by atoms with van der Waals surface area (Å²) in [5, 5.41) is 9.08. The Labute approximate surface area is 131 Å². The zero-order chi connectivity index (χ0) is 15.9. The smallest absolute Gasteiger partial charge is 0.323 e. The average molecular weight is 304 g/mol. The summed E-state index contributed by atoms with van der Waals surface area (Å²) in [5.41, 5.74) is 0.760. The van der Waals surface area contributed by atoms with Gasteiger partial charge in [0.05, 0.1) is 6.54 Å². The number of likely N-dealkylation sites (N-methyl/N-ethyl adjacent to an activating group) is 1. The molecule has 1 aliphatic carbocycles. The average Bonchev–Trinajstić information content (AvgIpc) is 2.54. The molecule has 0 spiro atoms. The Balaban J connectivity index is 2.02. The summed E-state index contributed by atoms with van der Waals surface area (Å²) in [7, 11) is 1.84. The van der Waals surface area contributed by atoms with Crippen LogP contribution in [0.4, 0.5) is 5.69 Å². The molecule has 0 radical (unpaired) electrons. The second-order valence-corrected chi connectivity index (χ2v) is 5.88. The Kier molecular flexibility index (Phi) is 5.81. The molecule has 1 aromatic rings. The van der Waals surface area contributed by atoms with Crippen molar-refractivity contribution in [2.75, 3.05) is 25.0 Å². The highest BCUT2D eigenvalue weighted by molar-refractivity contribution is 5.84. The van der Waals surface area contributed by atoms with Crippen molar-refractivity contribution in [3.8, 4) is 0 Å². The number of aliphatic carboxylic acids is 1. The quantitative estimate of drug-likeness (QED) is 0.876. The summed E-state index contributed by atoms with van der Waals surface area (Å²) in [6.07, 6.45) is 5.67. The fourth-order valence-corrected chi connectivity index (χ4v) is 2.99. The first-order valence-corrected chi connectivity index (χ1v) is 7.85. The van der Waals surface area contributed by atoms with Gasteiger partial charge >= 0.3 is 5.97 Å². The van der Waals surface area contributed by atoms with Crippen molar-refractivity contribution in [2.45, 2.75) is 38.1 Å². The molecule has 2 rings (SSSR count). The Morgan fingerprint density at radius 3 is 2.32 bits per heavy atom. The van der Waals surface area contributed by atoms with Crippen LogP contribution >= 0.6 is 0 Å². The van der Waals surface area contributed by atoms with E-state index in [2.05, 4.69) is 0 Å². The molecule has 5 heteroatoms. The third-order valence-electron chi connectivity index (χ3n) is 4.29. The molecule has 22 heavy (non-hydrogen) atoms. The van der Waals surface area contributed by atoms with Gasteiger partial charge < -0.3 is 14.9 Å². The predicted octanol–water partition coefficient (Wildman–Crippen LogP) is 2.37. The Morgan fingerprint density at radius 2 is 1.73 bits per heavy atom. The van der Waals surface area contributed by atoms with Gasteiger partial charge in [0, 0.05) is 18.8 Å². The molecule has 0 unspecified atom stereocenters. The minimum Gasteiger partial charge on any atom is -0.480 e. The molecule has 0 aromatic heterocycles. The molecule has 0 heterocycles. The van der Waals surface area contributed by atoms with E-state index in [4.69, 9.17) is 5.11 Å². The van der Waals surface area contributed by atoms with Crippen LogP contribution in [0.3, 0.4) is 0 Å². The summed E-state index contributed by atoms with van der Waals surface area (Å²) in [4.78, 5) is 27.0. The maximum atomic E-state index is 12.5. The van der Waals surface area contributed by atoms with E-state index < -0.39 is 5.97 Å². The SMILES string of the molecule is CN(C(=O)CN(CC(=O)O)c1ccccc1)C1CCCCC1. The molecule has 0 aliphatic heterocycles. The van der Waals surface area contributed by atoms with Crippen LogP contribution in [-0.4, -0.2) is 48.1 Å². The monoisotopic (exact) mass is 304 g/mol. The number of nitrogens with zero attached hydrogens (tertiary/aromatic N) is 2. The van der Waals surface area contributed by atoms with E-state index in [1.54, 1.807) is 9.80 Å². The molecule has 120 valence electrons. The lowest BCUT2D eigenvalue weighted by molar-refractivity contribution is -0.135. The maximum absolute atomic E-state index is 12.5. The molecule has 0 saturated heterocycles. The van der Waals surface area contributed by atoms with Gasteiger partial charge in [-0.2, -0.15) is 0 Å². The lowest BCUT2D eigenvalue weighted by Gasteiger charge is -2.33. The lowest BCUT2D eigenvalue weighted by atomic mass is 9.94. The summed E-state index contributed by atoms with van der Waals surface area (Å²) in [6, 6.07) is 9.52. The molecule has 0 atom stereocenters. The minimum absolute atomic E-state index is 0.0167. The van der Waals surface area contributed by atoms with Crippen LogP contribution in [-0.2, 0) is 9.59 Å². The van der Waals surface area contributed by atoms with Crippen LogP contribution in [0.1, 0.15) is 32.1 Å². The van der Waals surface area contributed by atoms with Gasteiger partial charge in [-0.1, -0.05) is 37.5 Å². The molecule has 1 amide bonds. The van der Waals surface area contributed by atoms with E-state index in [1.807, 2.05) is 37.4 Å². The fourth-order valence-electron chi connectivity index (χ4n) is 2.99. The third kappa shape index (κ3) is 4.48. The number of carbonyl (C=O) groups excluding carboxylic acids is 1. The number of anilines is 1. The van der Waals surface area contributed by atoms with E-state index in [0.717, 1.165) is 18.5 Å². The standard InChI is InChI=1S/C17H24N2O3/c1-18(14-8-4-2-5-9-14)16(20)12-19(13-17(21)22)15-10-6-3-7-11-15/h3,6-7,10-11,14H,2,4-5,8-9,12-13H2,1H3,(H,21,22). The number of carboxylic acid groups (broad SMARTS) is 1. The number of amides is 1.